The molecule has 0 fully saturated rings. The highest BCUT2D eigenvalue weighted by Crippen LogP contribution is 2.15. The number of hydrogen-bond acceptors (Lipinski definition) is 3. The van der Waals surface area contributed by atoms with Crippen LogP contribution >= 0.6 is 0 Å². The Hall–Kier alpha value is -0.850. The van der Waals surface area contributed by atoms with Crippen LogP contribution in [0.1, 0.15) is 32.9 Å². The molecule has 0 bridgehead atoms. The van der Waals surface area contributed by atoms with Crippen molar-refractivity contribution in [2.45, 2.75) is 51.3 Å². The van der Waals surface area contributed by atoms with Crippen molar-refractivity contribution >= 4 is 10.0 Å². The Labute approximate surface area is 103 Å². The maximum Gasteiger partial charge on any atom is 0.242 e. The summed E-state index contributed by atoms with van der Waals surface area (Å²) in [5.74, 6) is 0. The van der Waals surface area contributed by atoms with Crippen LogP contribution in [0, 0.1) is 0 Å². The highest BCUT2D eigenvalue weighted by molar-refractivity contribution is 7.89. The van der Waals surface area contributed by atoms with Crippen LogP contribution in [0.15, 0.2) is 17.2 Å². The van der Waals surface area contributed by atoms with E-state index in [1.165, 1.54) is 6.07 Å². The number of aromatic nitrogens is 1. The number of nitrogens with one attached hydrogen (secondary N) is 1. The van der Waals surface area contributed by atoms with E-state index in [1.807, 2.05) is 20.8 Å². The quantitative estimate of drug-likeness (QED) is 0.804. The molecule has 0 radical (unpaired) electrons. The van der Waals surface area contributed by atoms with Crippen LogP contribution in [0.3, 0.4) is 0 Å². The average molecular weight is 260 g/mol. The molecule has 0 saturated carbocycles. The number of sulfonamides is 1. The van der Waals surface area contributed by atoms with Gasteiger partial charge in [-0.1, -0.05) is 6.92 Å². The smallest absolute Gasteiger partial charge is 0.242 e. The van der Waals surface area contributed by atoms with Crippen molar-refractivity contribution in [3.63, 3.8) is 0 Å². The van der Waals surface area contributed by atoms with Crippen molar-refractivity contribution in [1.29, 1.82) is 0 Å². The molecule has 2 N–H and O–H groups in total. The molecule has 98 valence electrons. The molecular formula is C11H20N2O3S. The second-order valence-corrected chi connectivity index (χ2v) is 5.76. The predicted molar refractivity (Wildman–Crippen MR) is 66.1 cm³/mol. The van der Waals surface area contributed by atoms with Gasteiger partial charge in [0.2, 0.25) is 10.0 Å². The molecule has 0 aliphatic heterocycles. The highest BCUT2D eigenvalue weighted by Gasteiger charge is 2.19. The van der Waals surface area contributed by atoms with Gasteiger partial charge in [-0.15, -0.1) is 0 Å². The van der Waals surface area contributed by atoms with E-state index in [2.05, 4.69) is 4.72 Å². The number of aliphatic hydroxyl groups is 1. The molecular weight excluding hydrogens is 240 g/mol. The summed E-state index contributed by atoms with van der Waals surface area (Å²) in [5.41, 5.74) is 0.608. The molecule has 0 aromatic carbocycles. The van der Waals surface area contributed by atoms with Crippen molar-refractivity contribution in [3.8, 4) is 0 Å². The van der Waals surface area contributed by atoms with Crippen LogP contribution in [0.5, 0.6) is 0 Å². The van der Waals surface area contributed by atoms with Crippen molar-refractivity contribution in [2.75, 3.05) is 0 Å². The third-order valence-electron chi connectivity index (χ3n) is 2.74. The number of rotatable bonds is 6. The SMILES string of the molecule is CCC(C)NS(=O)(=O)c1cc(CO)n(CC)c1. The minimum Gasteiger partial charge on any atom is -0.390 e. The van der Waals surface area contributed by atoms with Crippen molar-refractivity contribution in [2.24, 2.45) is 0 Å². The first kappa shape index (κ1) is 14.2. The molecule has 0 aliphatic carbocycles. The molecule has 5 nitrogen and oxygen atoms in total. The zero-order valence-corrected chi connectivity index (χ0v) is 11.3. The molecule has 1 rings (SSSR count). The van der Waals surface area contributed by atoms with Crippen LogP contribution in [0.2, 0.25) is 0 Å². The molecule has 0 amide bonds. The second-order valence-electron chi connectivity index (χ2n) is 4.04. The van der Waals surface area contributed by atoms with E-state index in [-0.39, 0.29) is 17.5 Å². The van der Waals surface area contributed by atoms with Crippen LogP contribution in [-0.4, -0.2) is 24.1 Å². The summed E-state index contributed by atoms with van der Waals surface area (Å²) in [6, 6.07) is 1.41. The lowest BCUT2D eigenvalue weighted by Gasteiger charge is -2.10. The number of aryl methyl sites for hydroxylation is 1. The molecule has 1 aromatic rings. The number of hydrogen-bond donors (Lipinski definition) is 2. The number of nitrogens with zero attached hydrogens (tertiary/aromatic N) is 1. The third kappa shape index (κ3) is 3.31. The number of aliphatic hydroxyl groups excluding tert-OH is 1. The minimum atomic E-state index is -3.48. The molecule has 1 unspecified atom stereocenters. The Balaban J connectivity index is 3.03. The lowest BCUT2D eigenvalue weighted by atomic mass is 10.3. The van der Waals surface area contributed by atoms with Gasteiger partial charge in [0, 0.05) is 24.5 Å². The molecule has 0 aliphatic rings. The van der Waals surface area contributed by atoms with E-state index in [0.29, 0.717) is 12.2 Å². The zero-order valence-electron chi connectivity index (χ0n) is 10.5. The first-order chi connectivity index (χ1) is 7.94. The molecule has 1 atom stereocenters. The Morgan fingerprint density at radius 2 is 2.12 bits per heavy atom. The van der Waals surface area contributed by atoms with Gasteiger partial charge in [-0.2, -0.15) is 0 Å². The van der Waals surface area contributed by atoms with Crippen LogP contribution in [0.25, 0.3) is 0 Å². The maximum absolute atomic E-state index is 12.0. The molecule has 1 aromatic heterocycles. The van der Waals surface area contributed by atoms with Crippen molar-refractivity contribution in [3.05, 3.63) is 18.0 Å². The fourth-order valence-corrected chi connectivity index (χ4v) is 2.90. The summed E-state index contributed by atoms with van der Waals surface area (Å²) < 4.78 is 28.3. The molecule has 1 heterocycles. The van der Waals surface area contributed by atoms with E-state index in [1.54, 1.807) is 10.8 Å². The van der Waals surface area contributed by atoms with Crippen LogP contribution < -0.4 is 4.72 Å². The fraction of sp³-hybridized carbons (Fsp3) is 0.636. The lowest BCUT2D eigenvalue weighted by Crippen LogP contribution is -2.31. The maximum atomic E-state index is 12.0. The van der Waals surface area contributed by atoms with Crippen molar-refractivity contribution < 1.29 is 13.5 Å². The Morgan fingerprint density at radius 1 is 1.47 bits per heavy atom. The first-order valence-corrected chi connectivity index (χ1v) is 7.25. The van der Waals surface area contributed by atoms with Gasteiger partial charge >= 0.3 is 0 Å². The molecule has 17 heavy (non-hydrogen) atoms. The highest BCUT2D eigenvalue weighted by atomic mass is 32.2. The van der Waals surface area contributed by atoms with Crippen LogP contribution in [0.4, 0.5) is 0 Å². The van der Waals surface area contributed by atoms with E-state index >= 15 is 0 Å². The summed E-state index contributed by atoms with van der Waals surface area (Å²) in [5, 5.41) is 9.12. The monoisotopic (exact) mass is 260 g/mol. The normalized spacial score (nSPS) is 13.9. The second kappa shape index (κ2) is 5.66. The van der Waals surface area contributed by atoms with Gasteiger partial charge in [-0.3, -0.25) is 0 Å². The van der Waals surface area contributed by atoms with Gasteiger partial charge in [0.15, 0.2) is 0 Å². The van der Waals surface area contributed by atoms with Gasteiger partial charge < -0.3 is 9.67 Å². The zero-order chi connectivity index (χ0) is 13.1. The first-order valence-electron chi connectivity index (χ1n) is 5.76. The van der Waals surface area contributed by atoms with Gasteiger partial charge in [-0.25, -0.2) is 13.1 Å². The van der Waals surface area contributed by atoms with E-state index in [4.69, 9.17) is 5.11 Å². The van der Waals surface area contributed by atoms with Gasteiger partial charge in [-0.05, 0) is 26.3 Å². The van der Waals surface area contributed by atoms with E-state index < -0.39 is 10.0 Å². The Bertz CT molecular complexity index is 444. The largest absolute Gasteiger partial charge is 0.390 e. The van der Waals surface area contributed by atoms with E-state index in [9.17, 15) is 8.42 Å². The third-order valence-corrected chi connectivity index (χ3v) is 4.30. The molecule has 0 saturated heterocycles. The predicted octanol–water partition coefficient (Wildman–Crippen LogP) is 1.08. The minimum absolute atomic E-state index is 0.0949. The van der Waals surface area contributed by atoms with Crippen molar-refractivity contribution in [1.82, 2.24) is 9.29 Å². The Morgan fingerprint density at radius 3 is 2.53 bits per heavy atom. The molecule has 6 heteroatoms. The van der Waals surface area contributed by atoms with E-state index in [0.717, 1.165) is 6.42 Å². The fourth-order valence-electron chi connectivity index (χ4n) is 1.51. The average Bonchev–Trinajstić information content (AvgIpc) is 2.72. The van der Waals surface area contributed by atoms with Gasteiger partial charge in [0.05, 0.1) is 11.5 Å². The summed E-state index contributed by atoms with van der Waals surface area (Å²) in [6.45, 7) is 6.12. The summed E-state index contributed by atoms with van der Waals surface area (Å²) in [7, 11) is -3.48. The molecule has 0 spiro atoms. The summed E-state index contributed by atoms with van der Waals surface area (Å²) in [4.78, 5) is 0.212. The topological polar surface area (TPSA) is 71.3 Å². The van der Waals surface area contributed by atoms with Crippen LogP contribution in [-0.2, 0) is 23.2 Å². The van der Waals surface area contributed by atoms with Gasteiger partial charge in [0.1, 0.15) is 0 Å². The summed E-state index contributed by atoms with van der Waals surface area (Å²) in [6.07, 6.45) is 2.29. The van der Waals surface area contributed by atoms with Gasteiger partial charge in [0.25, 0.3) is 0 Å². The lowest BCUT2D eigenvalue weighted by molar-refractivity contribution is 0.271. The summed E-state index contributed by atoms with van der Waals surface area (Å²) >= 11 is 0. The Kier molecular flexibility index (Phi) is 4.73. The standard InChI is InChI=1S/C11H20N2O3S/c1-4-9(3)12-17(15,16)11-6-10(8-14)13(5-2)7-11/h6-7,9,12,14H,4-5,8H2,1-3H3.